The number of hydrogen-bond donors (Lipinski definition) is 0. The van der Waals surface area contributed by atoms with Crippen LogP contribution in [-0.2, 0) is 6.42 Å². The van der Waals surface area contributed by atoms with Gasteiger partial charge in [-0.1, -0.05) is 31.2 Å². The Hall–Kier alpha value is -2.16. The summed E-state index contributed by atoms with van der Waals surface area (Å²) in [5.74, 6) is 0.0718. The van der Waals surface area contributed by atoms with E-state index in [1.165, 1.54) is 11.6 Å². The monoisotopic (exact) mass is 269 g/mol. The first-order valence-corrected chi connectivity index (χ1v) is 6.80. The molecule has 2 aromatic carbocycles. The molecule has 1 atom stereocenters. The molecule has 0 radical (unpaired) electrons. The number of halogens is 1. The summed E-state index contributed by atoms with van der Waals surface area (Å²) in [7, 11) is 0. The second-order valence-electron chi connectivity index (χ2n) is 5.34. The maximum atomic E-state index is 14.2. The molecule has 1 heterocycles. The van der Waals surface area contributed by atoms with Crippen LogP contribution in [-0.4, -0.2) is 12.8 Å². The molecule has 0 aliphatic carbocycles. The lowest BCUT2D eigenvalue weighted by atomic mass is 9.93. The average Bonchev–Trinajstić information content (AvgIpc) is 2.46. The van der Waals surface area contributed by atoms with E-state index in [4.69, 9.17) is 0 Å². The van der Waals surface area contributed by atoms with Crippen molar-refractivity contribution in [1.82, 2.24) is 0 Å². The molecule has 0 saturated heterocycles. The molecule has 0 spiro atoms. The number of anilines is 2. The average molecular weight is 269 g/mol. The second-order valence-corrected chi connectivity index (χ2v) is 5.34. The van der Waals surface area contributed by atoms with Crippen LogP contribution in [0, 0.1) is 11.7 Å². The number of aldehydes is 1. The van der Waals surface area contributed by atoms with E-state index in [9.17, 15) is 9.18 Å². The van der Waals surface area contributed by atoms with Crippen LogP contribution in [0.2, 0.25) is 0 Å². The molecule has 20 heavy (non-hydrogen) atoms. The molecule has 0 amide bonds. The lowest BCUT2D eigenvalue weighted by Crippen LogP contribution is -2.31. The number of benzene rings is 2. The number of para-hydroxylation sites is 2. The molecule has 2 nitrogen and oxygen atoms in total. The summed E-state index contributed by atoms with van der Waals surface area (Å²) in [5, 5.41) is 0. The third-order valence-corrected chi connectivity index (χ3v) is 3.76. The Balaban J connectivity index is 2.18. The summed E-state index contributed by atoms with van der Waals surface area (Å²) in [4.78, 5) is 13.2. The molecule has 0 aromatic heterocycles. The fourth-order valence-corrected chi connectivity index (χ4v) is 2.92. The van der Waals surface area contributed by atoms with Crippen LogP contribution in [0.15, 0.2) is 42.5 Å². The van der Waals surface area contributed by atoms with Gasteiger partial charge in [-0.2, -0.15) is 0 Å². The lowest BCUT2D eigenvalue weighted by Gasteiger charge is -2.35. The van der Waals surface area contributed by atoms with Gasteiger partial charge in [-0.05, 0) is 36.1 Å². The maximum Gasteiger partial charge on any atom is 0.152 e. The minimum Gasteiger partial charge on any atom is -0.338 e. The SMILES string of the molecule is CC1Cc2ccccc2N(c2c(F)cccc2C=O)C1. The quantitative estimate of drug-likeness (QED) is 0.769. The van der Waals surface area contributed by atoms with Crippen LogP contribution in [0.1, 0.15) is 22.8 Å². The minimum atomic E-state index is -0.349. The van der Waals surface area contributed by atoms with Crippen LogP contribution in [0.5, 0.6) is 0 Å². The van der Waals surface area contributed by atoms with Gasteiger partial charge in [0.15, 0.2) is 6.29 Å². The van der Waals surface area contributed by atoms with Gasteiger partial charge >= 0.3 is 0 Å². The first-order valence-electron chi connectivity index (χ1n) is 6.80. The van der Waals surface area contributed by atoms with E-state index >= 15 is 0 Å². The summed E-state index contributed by atoms with van der Waals surface area (Å²) >= 11 is 0. The van der Waals surface area contributed by atoms with Crippen molar-refractivity contribution < 1.29 is 9.18 Å². The van der Waals surface area contributed by atoms with E-state index in [1.807, 2.05) is 23.1 Å². The number of carbonyl (C=O) groups excluding carboxylic acids is 1. The Bertz CT molecular complexity index is 653. The number of carbonyl (C=O) groups is 1. The van der Waals surface area contributed by atoms with Crippen molar-refractivity contribution in [2.24, 2.45) is 5.92 Å². The molecular weight excluding hydrogens is 253 g/mol. The Morgan fingerprint density at radius 2 is 2.00 bits per heavy atom. The fraction of sp³-hybridized carbons (Fsp3) is 0.235. The van der Waals surface area contributed by atoms with Gasteiger partial charge in [-0.25, -0.2) is 4.39 Å². The van der Waals surface area contributed by atoms with Crippen molar-refractivity contribution >= 4 is 17.7 Å². The van der Waals surface area contributed by atoms with Crippen LogP contribution >= 0.6 is 0 Å². The van der Waals surface area contributed by atoms with Crippen LogP contribution in [0.4, 0.5) is 15.8 Å². The van der Waals surface area contributed by atoms with E-state index in [-0.39, 0.29) is 5.82 Å². The summed E-state index contributed by atoms with van der Waals surface area (Å²) < 4.78 is 14.2. The fourth-order valence-electron chi connectivity index (χ4n) is 2.92. The van der Waals surface area contributed by atoms with Crippen molar-refractivity contribution in [3.63, 3.8) is 0 Å². The highest BCUT2D eigenvalue weighted by Gasteiger charge is 2.26. The molecule has 0 bridgehead atoms. The van der Waals surface area contributed by atoms with Gasteiger partial charge < -0.3 is 4.90 Å². The van der Waals surface area contributed by atoms with Crippen LogP contribution in [0.3, 0.4) is 0 Å². The third-order valence-electron chi connectivity index (χ3n) is 3.76. The summed E-state index contributed by atoms with van der Waals surface area (Å²) in [6.45, 7) is 2.86. The van der Waals surface area contributed by atoms with Crippen molar-refractivity contribution in [3.05, 3.63) is 59.4 Å². The van der Waals surface area contributed by atoms with Gasteiger partial charge in [0, 0.05) is 17.8 Å². The highest BCUT2D eigenvalue weighted by atomic mass is 19.1. The predicted molar refractivity (Wildman–Crippen MR) is 78.1 cm³/mol. The van der Waals surface area contributed by atoms with E-state index < -0.39 is 0 Å². The van der Waals surface area contributed by atoms with Crippen molar-refractivity contribution in [2.45, 2.75) is 13.3 Å². The van der Waals surface area contributed by atoms with Crippen molar-refractivity contribution in [3.8, 4) is 0 Å². The van der Waals surface area contributed by atoms with Gasteiger partial charge in [0.05, 0.1) is 5.69 Å². The Kier molecular flexibility index (Phi) is 3.26. The molecule has 3 rings (SSSR count). The summed E-state index contributed by atoms with van der Waals surface area (Å²) in [6, 6.07) is 12.6. The molecule has 0 N–H and O–H groups in total. The zero-order valence-corrected chi connectivity index (χ0v) is 11.3. The maximum absolute atomic E-state index is 14.2. The molecule has 1 aliphatic rings. The molecule has 1 aliphatic heterocycles. The number of hydrogen-bond acceptors (Lipinski definition) is 2. The van der Waals surface area contributed by atoms with E-state index in [2.05, 4.69) is 13.0 Å². The van der Waals surface area contributed by atoms with E-state index in [0.717, 1.165) is 24.9 Å². The highest BCUT2D eigenvalue weighted by molar-refractivity contribution is 5.87. The smallest absolute Gasteiger partial charge is 0.152 e. The zero-order valence-electron chi connectivity index (χ0n) is 11.3. The molecular formula is C17H16FNO. The highest BCUT2D eigenvalue weighted by Crippen LogP contribution is 2.37. The first kappa shape index (κ1) is 12.9. The predicted octanol–water partition coefficient (Wildman–Crippen LogP) is 3.97. The van der Waals surface area contributed by atoms with Gasteiger partial charge in [0.25, 0.3) is 0 Å². The number of nitrogens with zero attached hydrogens (tertiary/aromatic N) is 1. The van der Waals surface area contributed by atoms with Gasteiger partial charge in [-0.15, -0.1) is 0 Å². The minimum absolute atomic E-state index is 0.349. The standard InChI is InChI=1S/C17H16FNO/c1-12-9-13-5-2-3-8-16(13)19(10-12)17-14(11-20)6-4-7-15(17)18/h2-8,11-12H,9-10H2,1H3. The zero-order chi connectivity index (χ0) is 14.1. The van der Waals surface area contributed by atoms with E-state index in [1.54, 1.807) is 12.1 Å². The molecule has 1 unspecified atom stereocenters. The molecule has 0 fully saturated rings. The van der Waals surface area contributed by atoms with Crippen molar-refractivity contribution in [1.29, 1.82) is 0 Å². The Labute approximate surface area is 117 Å². The Morgan fingerprint density at radius 1 is 1.20 bits per heavy atom. The normalized spacial score (nSPS) is 17.7. The van der Waals surface area contributed by atoms with Gasteiger partial charge in [0.1, 0.15) is 5.82 Å². The molecule has 2 aromatic rings. The van der Waals surface area contributed by atoms with Crippen molar-refractivity contribution in [2.75, 3.05) is 11.4 Å². The second kappa shape index (κ2) is 5.08. The van der Waals surface area contributed by atoms with E-state index in [0.29, 0.717) is 17.2 Å². The summed E-state index contributed by atoms with van der Waals surface area (Å²) in [6.07, 6.45) is 1.71. The largest absolute Gasteiger partial charge is 0.338 e. The van der Waals surface area contributed by atoms with Crippen LogP contribution < -0.4 is 4.90 Å². The molecule has 3 heteroatoms. The summed E-state index contributed by atoms with van der Waals surface area (Å²) in [5.41, 5.74) is 2.99. The topological polar surface area (TPSA) is 20.3 Å². The third kappa shape index (κ3) is 2.09. The number of rotatable bonds is 2. The van der Waals surface area contributed by atoms with Gasteiger partial charge in [-0.3, -0.25) is 4.79 Å². The Morgan fingerprint density at radius 3 is 2.80 bits per heavy atom. The molecule has 0 saturated carbocycles. The molecule has 102 valence electrons. The first-order chi connectivity index (χ1) is 9.70. The lowest BCUT2D eigenvalue weighted by molar-refractivity contribution is 0.112. The van der Waals surface area contributed by atoms with Crippen LogP contribution in [0.25, 0.3) is 0 Å². The van der Waals surface area contributed by atoms with Gasteiger partial charge in [0.2, 0.25) is 0 Å². The number of fused-ring (bicyclic) bond motifs is 1.